The summed E-state index contributed by atoms with van der Waals surface area (Å²) in [5.41, 5.74) is 3.06. The second-order valence-electron chi connectivity index (χ2n) is 6.84. The molecule has 2 aromatic heterocycles. The molecule has 148 valence electrons. The normalized spacial score (nSPS) is 10.5. The maximum atomic E-state index is 13.3. The van der Waals surface area contributed by atoms with E-state index in [-0.39, 0.29) is 12.3 Å². The number of amides is 1. The lowest BCUT2D eigenvalue weighted by Gasteiger charge is -2.23. The fraction of sp³-hybridized carbons (Fsp3) is 0.120. The topological polar surface area (TPSA) is 59.5 Å². The molecule has 0 atom stereocenters. The van der Waals surface area contributed by atoms with E-state index >= 15 is 0 Å². The lowest BCUT2D eigenvalue weighted by atomic mass is 10.1. The van der Waals surface area contributed by atoms with Crippen LogP contribution in [0.3, 0.4) is 0 Å². The van der Waals surface area contributed by atoms with Gasteiger partial charge in [0.15, 0.2) is 5.76 Å². The minimum atomic E-state index is -0.101. The fourth-order valence-corrected chi connectivity index (χ4v) is 3.19. The summed E-state index contributed by atoms with van der Waals surface area (Å²) in [5.74, 6) is 4.01. The maximum absolute atomic E-state index is 13.3. The number of benzene rings is 2. The predicted octanol–water partition coefficient (Wildman–Crippen LogP) is 5.00. The molecule has 0 aliphatic heterocycles. The number of terminal acetylenes is 1. The largest absolute Gasteiger partial charge is 0.459 e. The molecular weight excluding hydrogens is 376 g/mol. The Morgan fingerprint density at radius 2 is 1.93 bits per heavy atom. The standard InChI is InChI=1S/C25H20N2O3/c1-3-19-11-7-12-21(15-19)27(17-20-9-5-4-6-10-20)24(28)16-22-18(2)30-25(26-22)23-13-8-14-29-23/h1,4-15H,16-17H2,2H3. The average molecular weight is 396 g/mol. The smallest absolute Gasteiger partial charge is 0.263 e. The molecule has 0 radical (unpaired) electrons. The van der Waals surface area contributed by atoms with Crippen molar-refractivity contribution in [3.8, 4) is 24.0 Å². The zero-order chi connectivity index (χ0) is 20.9. The first-order chi connectivity index (χ1) is 14.6. The van der Waals surface area contributed by atoms with E-state index in [2.05, 4.69) is 10.9 Å². The Hall–Kier alpha value is -4.04. The van der Waals surface area contributed by atoms with Gasteiger partial charge in [-0.1, -0.05) is 42.3 Å². The third-order valence-corrected chi connectivity index (χ3v) is 4.75. The van der Waals surface area contributed by atoms with Gasteiger partial charge in [-0.25, -0.2) is 4.98 Å². The molecule has 0 aliphatic carbocycles. The quantitative estimate of drug-likeness (QED) is 0.430. The SMILES string of the molecule is C#Cc1cccc(N(Cc2ccccc2)C(=O)Cc2nc(-c3ccco3)oc2C)c1. The molecule has 5 nitrogen and oxygen atoms in total. The van der Waals surface area contributed by atoms with Crippen LogP contribution in [0.25, 0.3) is 11.7 Å². The number of carbonyl (C=O) groups excluding carboxylic acids is 1. The van der Waals surface area contributed by atoms with Crippen LogP contribution in [0.1, 0.15) is 22.6 Å². The third-order valence-electron chi connectivity index (χ3n) is 4.75. The first-order valence-electron chi connectivity index (χ1n) is 9.55. The van der Waals surface area contributed by atoms with E-state index in [9.17, 15) is 4.79 Å². The zero-order valence-corrected chi connectivity index (χ0v) is 16.5. The highest BCUT2D eigenvalue weighted by Gasteiger charge is 2.21. The zero-order valence-electron chi connectivity index (χ0n) is 16.5. The van der Waals surface area contributed by atoms with Gasteiger partial charge in [0, 0.05) is 11.3 Å². The lowest BCUT2D eigenvalue weighted by Crippen LogP contribution is -2.32. The summed E-state index contributed by atoms with van der Waals surface area (Å²) in [7, 11) is 0. The molecule has 0 saturated carbocycles. The van der Waals surface area contributed by atoms with Crippen molar-refractivity contribution in [3.63, 3.8) is 0 Å². The molecule has 0 saturated heterocycles. The van der Waals surface area contributed by atoms with Crippen molar-refractivity contribution in [1.82, 2.24) is 4.98 Å². The molecule has 0 bridgehead atoms. The summed E-state index contributed by atoms with van der Waals surface area (Å²) < 4.78 is 11.0. The Labute approximate surface area is 175 Å². The van der Waals surface area contributed by atoms with Crippen LogP contribution in [0.5, 0.6) is 0 Å². The van der Waals surface area contributed by atoms with Crippen LogP contribution >= 0.6 is 0 Å². The molecular formula is C25H20N2O3. The molecule has 4 aromatic rings. The molecule has 0 aliphatic rings. The summed E-state index contributed by atoms with van der Waals surface area (Å²) >= 11 is 0. The van der Waals surface area contributed by atoms with Crippen molar-refractivity contribution in [3.05, 3.63) is 95.6 Å². The number of hydrogen-bond acceptors (Lipinski definition) is 4. The third kappa shape index (κ3) is 4.18. The van der Waals surface area contributed by atoms with Crippen LogP contribution in [0, 0.1) is 19.3 Å². The van der Waals surface area contributed by atoms with E-state index in [0.717, 1.165) is 16.8 Å². The highest BCUT2D eigenvalue weighted by atomic mass is 16.4. The highest BCUT2D eigenvalue weighted by molar-refractivity contribution is 5.94. The van der Waals surface area contributed by atoms with E-state index in [0.29, 0.717) is 29.6 Å². The monoisotopic (exact) mass is 396 g/mol. The summed E-state index contributed by atoms with van der Waals surface area (Å²) in [6.07, 6.45) is 7.21. The van der Waals surface area contributed by atoms with Gasteiger partial charge in [0.2, 0.25) is 5.91 Å². The van der Waals surface area contributed by atoms with Crippen molar-refractivity contribution in [2.24, 2.45) is 0 Å². The molecule has 4 rings (SSSR count). The van der Waals surface area contributed by atoms with Gasteiger partial charge in [0.25, 0.3) is 5.89 Å². The van der Waals surface area contributed by atoms with Gasteiger partial charge in [-0.15, -0.1) is 6.42 Å². The molecule has 30 heavy (non-hydrogen) atoms. The molecule has 0 N–H and O–H groups in total. The fourth-order valence-electron chi connectivity index (χ4n) is 3.19. The van der Waals surface area contributed by atoms with E-state index in [1.807, 2.05) is 54.6 Å². The molecule has 2 heterocycles. The second kappa shape index (κ2) is 8.54. The van der Waals surface area contributed by atoms with Crippen molar-refractivity contribution in [2.75, 3.05) is 4.90 Å². The maximum Gasteiger partial charge on any atom is 0.263 e. The number of hydrogen-bond donors (Lipinski definition) is 0. The van der Waals surface area contributed by atoms with Crippen molar-refractivity contribution in [1.29, 1.82) is 0 Å². The number of anilines is 1. The van der Waals surface area contributed by atoms with Crippen LogP contribution in [0.4, 0.5) is 5.69 Å². The minimum Gasteiger partial charge on any atom is -0.459 e. The Kier molecular flexibility index (Phi) is 5.49. The van der Waals surface area contributed by atoms with Gasteiger partial charge in [0.05, 0.1) is 24.9 Å². The van der Waals surface area contributed by atoms with Crippen molar-refractivity contribution < 1.29 is 13.6 Å². The molecule has 0 fully saturated rings. The van der Waals surface area contributed by atoms with E-state index in [1.54, 1.807) is 30.2 Å². The van der Waals surface area contributed by atoms with Gasteiger partial charge in [-0.3, -0.25) is 4.79 Å². The Balaban J connectivity index is 1.63. The second-order valence-corrected chi connectivity index (χ2v) is 6.84. The first-order valence-corrected chi connectivity index (χ1v) is 9.55. The minimum absolute atomic E-state index is 0.100. The number of furan rings is 1. The summed E-state index contributed by atoms with van der Waals surface area (Å²) in [4.78, 5) is 19.5. The lowest BCUT2D eigenvalue weighted by molar-refractivity contribution is -0.118. The van der Waals surface area contributed by atoms with Gasteiger partial charge in [-0.05, 0) is 42.8 Å². The number of aromatic nitrogens is 1. The highest BCUT2D eigenvalue weighted by Crippen LogP contribution is 2.24. The molecule has 0 unspecified atom stereocenters. The molecule has 0 spiro atoms. The number of carbonyl (C=O) groups is 1. The molecule has 1 amide bonds. The first kappa shape index (κ1) is 19.3. The van der Waals surface area contributed by atoms with Crippen LogP contribution in [0.2, 0.25) is 0 Å². The van der Waals surface area contributed by atoms with Crippen molar-refractivity contribution in [2.45, 2.75) is 19.9 Å². The average Bonchev–Trinajstić information content (AvgIpc) is 3.43. The van der Waals surface area contributed by atoms with Crippen LogP contribution in [-0.2, 0) is 17.8 Å². The van der Waals surface area contributed by atoms with E-state index in [4.69, 9.17) is 15.3 Å². The molecule has 5 heteroatoms. The van der Waals surface area contributed by atoms with Crippen LogP contribution in [0.15, 0.2) is 81.8 Å². The van der Waals surface area contributed by atoms with E-state index in [1.165, 1.54) is 0 Å². The number of oxazole rings is 1. The van der Waals surface area contributed by atoms with Crippen LogP contribution < -0.4 is 4.90 Å². The molecule has 2 aromatic carbocycles. The Morgan fingerprint density at radius 3 is 2.67 bits per heavy atom. The summed E-state index contributed by atoms with van der Waals surface area (Å²) in [5, 5.41) is 0. The predicted molar refractivity (Wildman–Crippen MR) is 115 cm³/mol. The summed E-state index contributed by atoms with van der Waals surface area (Å²) in [6, 6.07) is 20.8. The van der Waals surface area contributed by atoms with Gasteiger partial charge < -0.3 is 13.7 Å². The van der Waals surface area contributed by atoms with Gasteiger partial charge in [-0.2, -0.15) is 0 Å². The number of nitrogens with zero attached hydrogens (tertiary/aromatic N) is 2. The Morgan fingerprint density at radius 1 is 1.10 bits per heavy atom. The number of aryl methyl sites for hydroxylation is 1. The van der Waals surface area contributed by atoms with Crippen molar-refractivity contribution >= 4 is 11.6 Å². The summed E-state index contributed by atoms with van der Waals surface area (Å²) in [6.45, 7) is 2.22. The number of rotatable bonds is 6. The van der Waals surface area contributed by atoms with Gasteiger partial charge >= 0.3 is 0 Å². The van der Waals surface area contributed by atoms with Crippen LogP contribution in [-0.4, -0.2) is 10.9 Å². The van der Waals surface area contributed by atoms with E-state index < -0.39 is 0 Å². The van der Waals surface area contributed by atoms with Gasteiger partial charge in [0.1, 0.15) is 5.76 Å². The Bertz CT molecular complexity index is 1180.